The first-order chi connectivity index (χ1) is 5.63. The average Bonchev–Trinajstić information content (AvgIpc) is 2.01. The highest BCUT2D eigenvalue weighted by molar-refractivity contribution is 6.30. The second-order valence-electron chi connectivity index (χ2n) is 2.99. The van der Waals surface area contributed by atoms with Crippen molar-refractivity contribution in [2.75, 3.05) is 0 Å². The molecule has 0 aliphatic rings. The summed E-state index contributed by atoms with van der Waals surface area (Å²) in [5, 5.41) is 10.2. The second-order valence-corrected chi connectivity index (χ2v) is 3.42. The van der Waals surface area contributed by atoms with Gasteiger partial charge in [0.25, 0.3) is 0 Å². The lowest BCUT2D eigenvalue weighted by Crippen LogP contribution is -1.95. The Kier molecular flexibility index (Phi) is 3.12. The molecular formula is C10H13ClO. The van der Waals surface area contributed by atoms with Gasteiger partial charge in [-0.1, -0.05) is 24.6 Å². The summed E-state index contributed by atoms with van der Waals surface area (Å²) in [6, 6.07) is 5.65. The number of aliphatic hydroxyl groups is 1. The maximum atomic E-state index is 9.52. The van der Waals surface area contributed by atoms with Crippen molar-refractivity contribution in [2.45, 2.75) is 26.4 Å². The van der Waals surface area contributed by atoms with E-state index < -0.39 is 0 Å². The predicted octanol–water partition coefficient (Wildman–Crippen LogP) is 3.09. The van der Waals surface area contributed by atoms with Gasteiger partial charge in [-0.2, -0.15) is 0 Å². The van der Waals surface area contributed by atoms with E-state index in [1.165, 1.54) is 0 Å². The van der Waals surface area contributed by atoms with E-state index in [0.29, 0.717) is 5.02 Å². The zero-order valence-corrected chi connectivity index (χ0v) is 8.10. The molecule has 0 saturated heterocycles. The first kappa shape index (κ1) is 9.56. The van der Waals surface area contributed by atoms with Crippen LogP contribution in [0.2, 0.25) is 5.02 Å². The van der Waals surface area contributed by atoms with Crippen molar-refractivity contribution in [2.24, 2.45) is 0 Å². The lowest BCUT2D eigenvalue weighted by molar-refractivity contribution is 0.173. The number of aliphatic hydroxyl groups excluding tert-OH is 1. The molecule has 0 aliphatic heterocycles. The van der Waals surface area contributed by atoms with Crippen LogP contribution in [0.4, 0.5) is 0 Å². The van der Waals surface area contributed by atoms with Crippen LogP contribution in [0.15, 0.2) is 18.2 Å². The molecule has 0 fully saturated rings. The molecular weight excluding hydrogens is 172 g/mol. The number of aryl methyl sites for hydroxylation is 1. The van der Waals surface area contributed by atoms with Crippen LogP contribution in [0.1, 0.15) is 30.6 Å². The summed E-state index contributed by atoms with van der Waals surface area (Å²) < 4.78 is 0. The third kappa shape index (κ3) is 2.23. The van der Waals surface area contributed by atoms with Crippen molar-refractivity contribution in [1.82, 2.24) is 0 Å². The fourth-order valence-corrected chi connectivity index (χ4v) is 1.49. The third-order valence-electron chi connectivity index (χ3n) is 1.84. The molecule has 1 rings (SSSR count). The van der Waals surface area contributed by atoms with Crippen molar-refractivity contribution >= 4 is 11.6 Å². The Hall–Kier alpha value is -0.530. The molecule has 0 spiro atoms. The van der Waals surface area contributed by atoms with Gasteiger partial charge in [-0.3, -0.25) is 0 Å². The van der Waals surface area contributed by atoms with E-state index >= 15 is 0 Å². The molecule has 0 amide bonds. The van der Waals surface area contributed by atoms with Gasteiger partial charge in [0.1, 0.15) is 0 Å². The molecule has 1 aromatic carbocycles. The van der Waals surface area contributed by atoms with Crippen LogP contribution in [0, 0.1) is 6.92 Å². The molecule has 0 radical (unpaired) electrons. The van der Waals surface area contributed by atoms with Crippen molar-refractivity contribution in [3.05, 3.63) is 34.3 Å². The van der Waals surface area contributed by atoms with Gasteiger partial charge in [0.15, 0.2) is 0 Å². The summed E-state index contributed by atoms with van der Waals surface area (Å²) in [4.78, 5) is 0. The lowest BCUT2D eigenvalue weighted by Gasteiger charge is -2.09. The zero-order valence-electron chi connectivity index (χ0n) is 7.34. The molecule has 1 N–H and O–H groups in total. The van der Waals surface area contributed by atoms with E-state index in [1.54, 1.807) is 0 Å². The molecule has 0 saturated carbocycles. The third-order valence-corrected chi connectivity index (χ3v) is 2.05. The Labute approximate surface area is 78.0 Å². The van der Waals surface area contributed by atoms with Gasteiger partial charge >= 0.3 is 0 Å². The van der Waals surface area contributed by atoms with E-state index in [4.69, 9.17) is 11.6 Å². The second kappa shape index (κ2) is 3.92. The lowest BCUT2D eigenvalue weighted by atomic mass is 10.1. The number of hydrogen-bond donors (Lipinski definition) is 1. The molecule has 0 aromatic heterocycles. The Balaban J connectivity index is 3.00. The molecule has 0 bridgehead atoms. The summed E-state index contributed by atoms with van der Waals surface area (Å²) in [6.07, 6.45) is 0.335. The monoisotopic (exact) mass is 184 g/mol. The minimum absolute atomic E-state index is 0.387. The Morgan fingerprint density at radius 2 is 2.08 bits per heavy atom. The largest absolute Gasteiger partial charge is 0.388 e. The molecule has 1 unspecified atom stereocenters. The van der Waals surface area contributed by atoms with E-state index in [1.807, 2.05) is 32.0 Å². The summed E-state index contributed by atoms with van der Waals surface area (Å²) in [6.45, 7) is 3.92. The number of rotatable bonds is 2. The van der Waals surface area contributed by atoms with Crippen LogP contribution in [0.5, 0.6) is 0 Å². The first-order valence-corrected chi connectivity index (χ1v) is 4.46. The molecule has 66 valence electrons. The van der Waals surface area contributed by atoms with E-state index in [2.05, 4.69) is 0 Å². The summed E-state index contributed by atoms with van der Waals surface area (Å²) in [7, 11) is 0. The van der Waals surface area contributed by atoms with Crippen molar-refractivity contribution in [1.29, 1.82) is 0 Å². The van der Waals surface area contributed by atoms with Crippen LogP contribution in [-0.2, 0) is 0 Å². The summed E-state index contributed by atoms with van der Waals surface area (Å²) in [5.74, 6) is 0. The molecule has 1 nitrogen and oxygen atoms in total. The standard InChI is InChI=1S/C10H13ClO/c1-3-10(12)8-4-7(2)5-9(11)6-8/h4-6,10,12H,3H2,1-2H3. The van der Waals surface area contributed by atoms with Gasteiger partial charge in [0.2, 0.25) is 0 Å². The number of benzene rings is 1. The minimum Gasteiger partial charge on any atom is -0.388 e. The quantitative estimate of drug-likeness (QED) is 0.749. The maximum absolute atomic E-state index is 9.52. The van der Waals surface area contributed by atoms with Crippen molar-refractivity contribution in [3.63, 3.8) is 0 Å². The summed E-state index contributed by atoms with van der Waals surface area (Å²) in [5.41, 5.74) is 1.99. The first-order valence-electron chi connectivity index (χ1n) is 4.08. The molecule has 1 aromatic rings. The zero-order chi connectivity index (χ0) is 9.14. The SMILES string of the molecule is CCC(O)c1cc(C)cc(Cl)c1. The highest BCUT2D eigenvalue weighted by Gasteiger charge is 2.05. The van der Waals surface area contributed by atoms with Crippen LogP contribution in [0.25, 0.3) is 0 Å². The Morgan fingerprint density at radius 3 is 2.58 bits per heavy atom. The van der Waals surface area contributed by atoms with Gasteiger partial charge in [-0.25, -0.2) is 0 Å². The van der Waals surface area contributed by atoms with Gasteiger partial charge in [0, 0.05) is 5.02 Å². The molecule has 1 atom stereocenters. The van der Waals surface area contributed by atoms with E-state index in [9.17, 15) is 5.11 Å². The molecule has 0 heterocycles. The van der Waals surface area contributed by atoms with E-state index in [-0.39, 0.29) is 6.10 Å². The Morgan fingerprint density at radius 1 is 1.42 bits per heavy atom. The van der Waals surface area contributed by atoms with Gasteiger partial charge in [0.05, 0.1) is 6.10 Å². The fourth-order valence-electron chi connectivity index (χ4n) is 1.19. The van der Waals surface area contributed by atoms with Gasteiger partial charge in [-0.15, -0.1) is 0 Å². The van der Waals surface area contributed by atoms with Crippen LogP contribution >= 0.6 is 11.6 Å². The van der Waals surface area contributed by atoms with Crippen LogP contribution < -0.4 is 0 Å². The number of hydrogen-bond acceptors (Lipinski definition) is 1. The minimum atomic E-state index is -0.387. The fraction of sp³-hybridized carbons (Fsp3) is 0.400. The highest BCUT2D eigenvalue weighted by Crippen LogP contribution is 2.21. The van der Waals surface area contributed by atoms with Gasteiger partial charge in [-0.05, 0) is 36.6 Å². The summed E-state index contributed by atoms with van der Waals surface area (Å²) >= 11 is 5.84. The molecule has 12 heavy (non-hydrogen) atoms. The van der Waals surface area contributed by atoms with Crippen molar-refractivity contribution < 1.29 is 5.11 Å². The molecule has 2 heteroatoms. The normalized spacial score (nSPS) is 13.0. The maximum Gasteiger partial charge on any atom is 0.0788 e. The Bertz CT molecular complexity index is 250. The van der Waals surface area contributed by atoms with E-state index in [0.717, 1.165) is 17.5 Å². The van der Waals surface area contributed by atoms with Gasteiger partial charge < -0.3 is 5.11 Å². The topological polar surface area (TPSA) is 20.2 Å². The van der Waals surface area contributed by atoms with Crippen molar-refractivity contribution in [3.8, 4) is 0 Å². The average molecular weight is 185 g/mol. The highest BCUT2D eigenvalue weighted by atomic mass is 35.5. The predicted molar refractivity (Wildman–Crippen MR) is 51.4 cm³/mol. The van der Waals surface area contributed by atoms with Crippen LogP contribution in [-0.4, -0.2) is 5.11 Å². The molecule has 0 aliphatic carbocycles. The van der Waals surface area contributed by atoms with Crippen LogP contribution in [0.3, 0.4) is 0 Å². The number of halogens is 1. The smallest absolute Gasteiger partial charge is 0.0788 e.